The van der Waals surface area contributed by atoms with Crippen molar-refractivity contribution in [1.29, 1.82) is 0 Å². The molecule has 0 saturated carbocycles. The van der Waals surface area contributed by atoms with Crippen molar-refractivity contribution in [3.05, 3.63) is 21.0 Å². The predicted molar refractivity (Wildman–Crippen MR) is 82.8 cm³/mol. The van der Waals surface area contributed by atoms with Gasteiger partial charge >= 0.3 is 17.4 Å². The number of hydrogen-bond donors (Lipinski definition) is 2. The lowest BCUT2D eigenvalue weighted by atomic mass is 10.1. The third-order valence-corrected chi connectivity index (χ3v) is 3.38. The lowest BCUT2D eigenvalue weighted by Gasteiger charge is -2.04. The summed E-state index contributed by atoms with van der Waals surface area (Å²) in [6.45, 7) is 2.71. The van der Waals surface area contributed by atoms with Gasteiger partial charge in [0.25, 0.3) is 0 Å². The number of hydrogen-bond acceptors (Lipinski definition) is 4. The molecule has 1 rings (SSSR count). The standard InChI is InChI=1S/C15H27N3O3/c1-2-3-4-5-6-7-8-9-10-11-12-21-15-17-13(19)16-14(20)18-15/h2-12H2,1H3,(H2,16,17,18,19,20). The van der Waals surface area contributed by atoms with E-state index in [1.165, 1.54) is 51.4 Å². The second-order valence-corrected chi connectivity index (χ2v) is 5.33. The van der Waals surface area contributed by atoms with Crippen molar-refractivity contribution in [3.8, 4) is 6.01 Å². The molecule has 1 aromatic rings. The molecule has 0 aromatic carbocycles. The van der Waals surface area contributed by atoms with Gasteiger partial charge < -0.3 is 4.74 Å². The Morgan fingerprint density at radius 2 is 1.43 bits per heavy atom. The molecule has 0 saturated heterocycles. The summed E-state index contributed by atoms with van der Waals surface area (Å²) < 4.78 is 5.25. The molecular weight excluding hydrogens is 270 g/mol. The lowest BCUT2D eigenvalue weighted by Crippen LogP contribution is -2.25. The molecule has 0 aliphatic heterocycles. The molecule has 0 aliphatic carbocycles. The van der Waals surface area contributed by atoms with Crippen molar-refractivity contribution < 1.29 is 4.74 Å². The number of aromatic amines is 2. The van der Waals surface area contributed by atoms with Crippen LogP contribution in [0, 0.1) is 0 Å². The minimum atomic E-state index is -0.683. The average molecular weight is 297 g/mol. The molecule has 0 spiro atoms. The Balaban J connectivity index is 1.95. The molecule has 1 heterocycles. The Morgan fingerprint density at radius 3 is 2.00 bits per heavy atom. The molecule has 6 heteroatoms. The van der Waals surface area contributed by atoms with Crippen LogP contribution in [0.1, 0.15) is 71.1 Å². The Hall–Kier alpha value is -1.59. The summed E-state index contributed by atoms with van der Waals surface area (Å²) in [6, 6.07) is -0.000302. The smallest absolute Gasteiger partial charge is 0.353 e. The summed E-state index contributed by atoms with van der Waals surface area (Å²) >= 11 is 0. The van der Waals surface area contributed by atoms with Crippen molar-refractivity contribution in [2.75, 3.05) is 6.61 Å². The van der Waals surface area contributed by atoms with Crippen LogP contribution < -0.4 is 16.1 Å². The van der Waals surface area contributed by atoms with E-state index in [9.17, 15) is 9.59 Å². The van der Waals surface area contributed by atoms with E-state index in [1.807, 2.05) is 4.98 Å². The SMILES string of the molecule is CCCCCCCCCCCCOc1nc(=O)[nH]c(=O)[nH]1. The maximum atomic E-state index is 11.0. The monoisotopic (exact) mass is 297 g/mol. The first-order chi connectivity index (χ1) is 10.2. The van der Waals surface area contributed by atoms with Gasteiger partial charge in [-0.2, -0.15) is 0 Å². The van der Waals surface area contributed by atoms with E-state index in [1.54, 1.807) is 0 Å². The van der Waals surface area contributed by atoms with Crippen molar-refractivity contribution in [2.45, 2.75) is 71.1 Å². The van der Waals surface area contributed by atoms with E-state index in [-0.39, 0.29) is 6.01 Å². The molecule has 1 aromatic heterocycles. The zero-order valence-corrected chi connectivity index (χ0v) is 13.0. The predicted octanol–water partition coefficient (Wildman–Crippen LogP) is 2.76. The lowest BCUT2D eigenvalue weighted by molar-refractivity contribution is 0.278. The van der Waals surface area contributed by atoms with Crippen molar-refractivity contribution in [2.24, 2.45) is 0 Å². The zero-order chi connectivity index (χ0) is 15.3. The highest BCUT2D eigenvalue weighted by Gasteiger charge is 1.99. The summed E-state index contributed by atoms with van der Waals surface area (Å²) in [4.78, 5) is 29.8. The largest absolute Gasteiger partial charge is 0.465 e. The molecule has 0 atom stereocenters. The highest BCUT2D eigenvalue weighted by molar-refractivity contribution is 4.87. The Labute approximate surface area is 125 Å². The first-order valence-corrected chi connectivity index (χ1v) is 8.06. The van der Waals surface area contributed by atoms with Gasteiger partial charge in [0.05, 0.1) is 6.61 Å². The van der Waals surface area contributed by atoms with Gasteiger partial charge in [0.1, 0.15) is 0 Å². The van der Waals surface area contributed by atoms with Gasteiger partial charge in [-0.25, -0.2) is 9.59 Å². The summed E-state index contributed by atoms with van der Waals surface area (Å²) in [5.41, 5.74) is -1.27. The van der Waals surface area contributed by atoms with E-state index in [0.717, 1.165) is 12.8 Å². The molecule has 0 radical (unpaired) electrons. The molecular formula is C15H27N3O3. The number of nitrogens with zero attached hydrogens (tertiary/aromatic N) is 1. The Bertz CT molecular complexity index is 453. The number of nitrogens with one attached hydrogen (secondary N) is 2. The molecule has 0 aliphatic rings. The van der Waals surface area contributed by atoms with Crippen molar-refractivity contribution >= 4 is 0 Å². The molecule has 0 unspecified atom stereocenters. The van der Waals surface area contributed by atoms with Crippen LogP contribution >= 0.6 is 0 Å². The molecule has 0 fully saturated rings. The Morgan fingerprint density at radius 1 is 0.857 bits per heavy atom. The number of rotatable bonds is 12. The van der Waals surface area contributed by atoms with Crippen LogP contribution in [-0.2, 0) is 0 Å². The van der Waals surface area contributed by atoms with Gasteiger partial charge in [0.15, 0.2) is 0 Å². The summed E-state index contributed by atoms with van der Waals surface area (Å²) in [5, 5.41) is 0. The van der Waals surface area contributed by atoms with E-state index in [4.69, 9.17) is 4.74 Å². The molecule has 2 N–H and O–H groups in total. The van der Waals surface area contributed by atoms with E-state index < -0.39 is 11.4 Å². The van der Waals surface area contributed by atoms with Crippen LogP contribution in [0.3, 0.4) is 0 Å². The maximum Gasteiger partial charge on any atom is 0.353 e. The molecule has 120 valence electrons. The van der Waals surface area contributed by atoms with Crippen LogP contribution in [0.5, 0.6) is 6.01 Å². The van der Waals surface area contributed by atoms with Crippen molar-refractivity contribution in [3.63, 3.8) is 0 Å². The topological polar surface area (TPSA) is 87.8 Å². The van der Waals surface area contributed by atoms with Crippen LogP contribution in [0.2, 0.25) is 0 Å². The third-order valence-electron chi connectivity index (χ3n) is 3.38. The van der Waals surface area contributed by atoms with Crippen molar-refractivity contribution in [1.82, 2.24) is 15.0 Å². The normalized spacial score (nSPS) is 10.7. The summed E-state index contributed by atoms with van der Waals surface area (Å²) in [7, 11) is 0. The minimum absolute atomic E-state index is 0.000302. The first kappa shape index (κ1) is 17.5. The molecule has 21 heavy (non-hydrogen) atoms. The van der Waals surface area contributed by atoms with Gasteiger partial charge in [0.2, 0.25) is 0 Å². The number of ether oxygens (including phenoxy) is 1. The fourth-order valence-electron chi connectivity index (χ4n) is 2.20. The second kappa shape index (κ2) is 11.1. The maximum absolute atomic E-state index is 11.0. The molecule has 0 bridgehead atoms. The fraction of sp³-hybridized carbons (Fsp3) is 0.800. The van der Waals surface area contributed by atoms with Crippen LogP contribution in [0.15, 0.2) is 9.59 Å². The molecule has 6 nitrogen and oxygen atoms in total. The highest BCUT2D eigenvalue weighted by atomic mass is 16.5. The van der Waals surface area contributed by atoms with Gasteiger partial charge in [-0.3, -0.25) is 9.97 Å². The summed E-state index contributed by atoms with van der Waals surface area (Å²) in [5.74, 6) is 0. The number of unbranched alkanes of at least 4 members (excludes halogenated alkanes) is 9. The van der Waals surface area contributed by atoms with Crippen LogP contribution in [0.25, 0.3) is 0 Å². The number of aromatic nitrogens is 3. The third kappa shape index (κ3) is 9.05. The average Bonchev–Trinajstić information content (AvgIpc) is 2.44. The van der Waals surface area contributed by atoms with Gasteiger partial charge in [0, 0.05) is 0 Å². The van der Waals surface area contributed by atoms with Gasteiger partial charge in [-0.15, -0.1) is 4.98 Å². The summed E-state index contributed by atoms with van der Waals surface area (Å²) in [6.07, 6.45) is 12.5. The van der Waals surface area contributed by atoms with E-state index in [2.05, 4.69) is 16.9 Å². The first-order valence-electron chi connectivity index (χ1n) is 8.06. The highest BCUT2D eigenvalue weighted by Crippen LogP contribution is 2.10. The Kier molecular flexibility index (Phi) is 9.24. The minimum Gasteiger partial charge on any atom is -0.465 e. The van der Waals surface area contributed by atoms with E-state index in [0.29, 0.717) is 6.61 Å². The molecule has 0 amide bonds. The van der Waals surface area contributed by atoms with Crippen LogP contribution in [-0.4, -0.2) is 21.6 Å². The number of H-pyrrole nitrogens is 2. The van der Waals surface area contributed by atoms with Crippen LogP contribution in [0.4, 0.5) is 0 Å². The second-order valence-electron chi connectivity index (χ2n) is 5.33. The quantitative estimate of drug-likeness (QED) is 0.581. The fourth-order valence-corrected chi connectivity index (χ4v) is 2.20. The van der Waals surface area contributed by atoms with Gasteiger partial charge in [-0.05, 0) is 6.42 Å². The van der Waals surface area contributed by atoms with Gasteiger partial charge in [-0.1, -0.05) is 64.7 Å². The van der Waals surface area contributed by atoms with E-state index >= 15 is 0 Å². The zero-order valence-electron chi connectivity index (χ0n) is 13.0.